The molecule has 0 amide bonds. The van der Waals surface area contributed by atoms with E-state index in [1.807, 2.05) is 30.3 Å². The summed E-state index contributed by atoms with van der Waals surface area (Å²) in [4.78, 5) is 8.71. The van der Waals surface area contributed by atoms with Crippen molar-refractivity contribution in [2.75, 3.05) is 0 Å². The first-order valence-electron chi connectivity index (χ1n) is 7.70. The van der Waals surface area contributed by atoms with Crippen molar-refractivity contribution in [2.24, 2.45) is 0 Å². The van der Waals surface area contributed by atoms with Crippen LogP contribution in [0, 0.1) is 32.6 Å². The number of hydrogen-bond donors (Lipinski definition) is 0. The molecule has 25 heavy (non-hydrogen) atoms. The zero-order valence-corrected chi connectivity index (χ0v) is 16.3. The van der Waals surface area contributed by atoms with Crippen LogP contribution in [-0.2, 0) is 3.79 Å². The van der Waals surface area contributed by atoms with Crippen LogP contribution in [0.5, 0.6) is 0 Å². The van der Waals surface area contributed by atoms with E-state index >= 15 is 0 Å². The second-order valence-corrected chi connectivity index (χ2v) is 8.12. The monoisotopic (exact) mass is 388 g/mol. The zero-order chi connectivity index (χ0) is 18.2. The van der Waals surface area contributed by atoms with Gasteiger partial charge in [-0.1, -0.05) is 58.9 Å². The fourth-order valence-electron chi connectivity index (χ4n) is 2.52. The summed E-state index contributed by atoms with van der Waals surface area (Å²) in [6.07, 6.45) is 0. The van der Waals surface area contributed by atoms with E-state index in [1.165, 1.54) is 11.1 Å². The maximum Gasteiger partial charge on any atom is 0.250 e. The molecule has 0 saturated heterocycles. The minimum absolute atomic E-state index is 0.123. The molecule has 0 fully saturated rings. The summed E-state index contributed by atoms with van der Waals surface area (Å²) in [6.45, 7) is 6.25. The third-order valence-electron chi connectivity index (χ3n) is 4.23. The molecule has 0 aliphatic carbocycles. The van der Waals surface area contributed by atoms with Gasteiger partial charge < -0.3 is 0 Å². The summed E-state index contributed by atoms with van der Waals surface area (Å²) in [7, 11) is 0. The lowest BCUT2D eigenvalue weighted by atomic mass is 9.99. The average molecular weight is 390 g/mol. The molecule has 0 aliphatic rings. The van der Waals surface area contributed by atoms with E-state index in [0.717, 1.165) is 16.5 Å². The number of alkyl halides is 3. The van der Waals surface area contributed by atoms with E-state index in [1.54, 1.807) is 0 Å². The number of aryl methyl sites for hydroxylation is 1. The Labute approximate surface area is 162 Å². The van der Waals surface area contributed by atoms with Crippen molar-refractivity contribution in [3.05, 3.63) is 70.2 Å². The molecule has 0 radical (unpaired) electrons. The molecule has 2 nitrogen and oxygen atoms in total. The Balaban J connectivity index is 2.19. The van der Waals surface area contributed by atoms with E-state index in [4.69, 9.17) is 34.8 Å². The standard InChI is InChI=1S/C20H15Cl3N2/c1-12-8-9-15(14(3)13(12)2)10-11-18-16-6-4-5-7-17(16)24-19(25-18)20(21,22)23/h4-9H,1-3H3. The quantitative estimate of drug-likeness (QED) is 0.360. The first kappa shape index (κ1) is 18.0. The summed E-state index contributed by atoms with van der Waals surface area (Å²) < 4.78 is -1.70. The van der Waals surface area contributed by atoms with Gasteiger partial charge in [0.15, 0.2) is 5.82 Å². The molecule has 3 aromatic rings. The molecule has 1 aromatic heterocycles. The number of hydrogen-bond acceptors (Lipinski definition) is 2. The summed E-state index contributed by atoms with van der Waals surface area (Å²) >= 11 is 17.9. The Morgan fingerprint density at radius 2 is 1.56 bits per heavy atom. The van der Waals surface area contributed by atoms with Crippen LogP contribution in [0.2, 0.25) is 0 Å². The molecule has 0 atom stereocenters. The predicted molar refractivity (Wildman–Crippen MR) is 105 cm³/mol. The summed E-state index contributed by atoms with van der Waals surface area (Å²) in [5, 5.41) is 0.828. The van der Waals surface area contributed by atoms with Gasteiger partial charge in [0.05, 0.1) is 5.52 Å². The highest BCUT2D eigenvalue weighted by Gasteiger charge is 2.27. The lowest BCUT2D eigenvalue weighted by molar-refractivity contribution is 0.987. The van der Waals surface area contributed by atoms with Crippen molar-refractivity contribution in [3.63, 3.8) is 0 Å². The first-order valence-corrected chi connectivity index (χ1v) is 8.83. The highest BCUT2D eigenvalue weighted by molar-refractivity contribution is 6.66. The van der Waals surface area contributed by atoms with Gasteiger partial charge in [-0.25, -0.2) is 9.97 Å². The van der Waals surface area contributed by atoms with Crippen LogP contribution in [0.1, 0.15) is 33.8 Å². The number of para-hydroxylation sites is 1. The van der Waals surface area contributed by atoms with Gasteiger partial charge in [-0.05, 0) is 61.6 Å². The van der Waals surface area contributed by atoms with E-state index < -0.39 is 3.79 Å². The van der Waals surface area contributed by atoms with Crippen LogP contribution >= 0.6 is 34.8 Å². The number of halogens is 3. The number of aromatic nitrogens is 2. The molecule has 2 aromatic carbocycles. The molecule has 0 unspecified atom stereocenters. The minimum atomic E-state index is -1.70. The zero-order valence-electron chi connectivity index (χ0n) is 14.0. The number of rotatable bonds is 0. The van der Waals surface area contributed by atoms with Crippen LogP contribution < -0.4 is 0 Å². The third-order valence-corrected chi connectivity index (χ3v) is 4.74. The predicted octanol–water partition coefficient (Wildman–Crippen LogP) is 5.78. The smallest absolute Gasteiger partial charge is 0.228 e. The SMILES string of the molecule is Cc1ccc(C#Cc2nc(C(Cl)(Cl)Cl)nc3ccccc23)c(C)c1C. The van der Waals surface area contributed by atoms with Gasteiger partial charge in [0.1, 0.15) is 5.69 Å². The van der Waals surface area contributed by atoms with Gasteiger partial charge in [0.2, 0.25) is 3.79 Å². The second-order valence-electron chi connectivity index (χ2n) is 5.84. The van der Waals surface area contributed by atoms with E-state index in [9.17, 15) is 0 Å². The fourth-order valence-corrected chi connectivity index (χ4v) is 2.77. The molecule has 0 aliphatic heterocycles. The Bertz CT molecular complexity index is 1020. The Hall–Kier alpha value is -1.79. The molecule has 5 heteroatoms. The summed E-state index contributed by atoms with van der Waals surface area (Å²) in [6, 6.07) is 11.6. The molecule has 3 rings (SSSR count). The molecule has 0 bridgehead atoms. The fraction of sp³-hybridized carbons (Fsp3) is 0.200. The van der Waals surface area contributed by atoms with Gasteiger partial charge in [0.25, 0.3) is 0 Å². The molecule has 1 heterocycles. The van der Waals surface area contributed by atoms with Gasteiger partial charge in [-0.3, -0.25) is 0 Å². The first-order chi connectivity index (χ1) is 11.8. The van der Waals surface area contributed by atoms with E-state index in [2.05, 4.69) is 48.6 Å². The molecular weight excluding hydrogens is 375 g/mol. The van der Waals surface area contributed by atoms with Gasteiger partial charge in [-0.2, -0.15) is 0 Å². The van der Waals surface area contributed by atoms with E-state index in [0.29, 0.717) is 11.2 Å². The number of fused-ring (bicyclic) bond motifs is 1. The highest BCUT2D eigenvalue weighted by Crippen LogP contribution is 2.36. The largest absolute Gasteiger partial charge is 0.250 e. The van der Waals surface area contributed by atoms with Crippen LogP contribution in [-0.4, -0.2) is 9.97 Å². The van der Waals surface area contributed by atoms with Crippen molar-refractivity contribution in [3.8, 4) is 11.8 Å². The highest BCUT2D eigenvalue weighted by atomic mass is 35.6. The molecule has 0 saturated carbocycles. The van der Waals surface area contributed by atoms with Gasteiger partial charge in [0, 0.05) is 10.9 Å². The third kappa shape index (κ3) is 3.75. The van der Waals surface area contributed by atoms with Crippen molar-refractivity contribution >= 4 is 45.7 Å². The Kier molecular flexibility index (Phi) is 4.93. The second kappa shape index (κ2) is 6.84. The van der Waals surface area contributed by atoms with Crippen molar-refractivity contribution < 1.29 is 0 Å². The summed E-state index contributed by atoms with van der Waals surface area (Å²) in [5.74, 6) is 6.45. The number of benzene rings is 2. The van der Waals surface area contributed by atoms with Gasteiger partial charge >= 0.3 is 0 Å². The average Bonchev–Trinajstić information content (AvgIpc) is 2.58. The van der Waals surface area contributed by atoms with Crippen LogP contribution in [0.15, 0.2) is 36.4 Å². The van der Waals surface area contributed by atoms with Crippen LogP contribution in [0.3, 0.4) is 0 Å². The van der Waals surface area contributed by atoms with Gasteiger partial charge in [-0.15, -0.1) is 0 Å². The topological polar surface area (TPSA) is 25.8 Å². The minimum Gasteiger partial charge on any atom is -0.228 e. The molecular formula is C20H15Cl3N2. The summed E-state index contributed by atoms with van der Waals surface area (Å²) in [5.41, 5.74) is 5.84. The number of nitrogens with zero attached hydrogens (tertiary/aromatic N) is 2. The van der Waals surface area contributed by atoms with Crippen molar-refractivity contribution in [1.29, 1.82) is 0 Å². The normalized spacial score (nSPS) is 11.3. The lowest BCUT2D eigenvalue weighted by Gasteiger charge is -2.11. The molecule has 0 spiro atoms. The maximum absolute atomic E-state index is 5.97. The molecule has 126 valence electrons. The van der Waals surface area contributed by atoms with E-state index in [-0.39, 0.29) is 5.82 Å². The van der Waals surface area contributed by atoms with Crippen LogP contribution in [0.25, 0.3) is 10.9 Å². The van der Waals surface area contributed by atoms with Crippen LogP contribution in [0.4, 0.5) is 0 Å². The molecule has 0 N–H and O–H groups in total. The maximum atomic E-state index is 5.97. The van der Waals surface area contributed by atoms with Crippen molar-refractivity contribution in [2.45, 2.75) is 24.6 Å². The Morgan fingerprint density at radius 3 is 2.28 bits per heavy atom. The lowest BCUT2D eigenvalue weighted by Crippen LogP contribution is -2.09. The Morgan fingerprint density at radius 1 is 0.840 bits per heavy atom. The van der Waals surface area contributed by atoms with Crippen molar-refractivity contribution in [1.82, 2.24) is 9.97 Å².